The molecule has 20 heavy (non-hydrogen) atoms. The highest BCUT2D eigenvalue weighted by molar-refractivity contribution is 5.30. The largest absolute Gasteiger partial charge is 0.204 e. The molecule has 0 amide bonds. The predicted octanol–water partition coefficient (Wildman–Crippen LogP) is 6.76. The van der Waals surface area contributed by atoms with Crippen molar-refractivity contribution < 1.29 is 8.78 Å². The second-order valence-electron chi connectivity index (χ2n) is 5.97. The van der Waals surface area contributed by atoms with Gasteiger partial charge in [-0.25, -0.2) is 8.78 Å². The normalized spacial score (nSPS) is 17.1. The molecule has 0 saturated heterocycles. The lowest BCUT2D eigenvalue weighted by atomic mass is 9.84. The van der Waals surface area contributed by atoms with Crippen LogP contribution in [-0.2, 0) is 0 Å². The molecule has 0 aliphatic carbocycles. The van der Waals surface area contributed by atoms with Gasteiger partial charge in [0.1, 0.15) is 0 Å². The van der Waals surface area contributed by atoms with Crippen molar-refractivity contribution in [1.29, 1.82) is 0 Å². The summed E-state index contributed by atoms with van der Waals surface area (Å²) in [5.41, 5.74) is 0.246. The van der Waals surface area contributed by atoms with Gasteiger partial charge in [-0.3, -0.25) is 0 Å². The molecule has 0 radical (unpaired) electrons. The summed E-state index contributed by atoms with van der Waals surface area (Å²) < 4.78 is 26.8. The Morgan fingerprint density at radius 3 is 2.10 bits per heavy atom. The zero-order valence-electron chi connectivity index (χ0n) is 13.5. The summed E-state index contributed by atoms with van der Waals surface area (Å²) in [6.45, 7) is 15.5. The molecule has 0 heterocycles. The van der Waals surface area contributed by atoms with Crippen LogP contribution >= 0.6 is 0 Å². The number of hydrogen-bond donors (Lipinski definition) is 0. The van der Waals surface area contributed by atoms with Gasteiger partial charge < -0.3 is 0 Å². The first-order valence-corrected chi connectivity index (χ1v) is 7.71. The summed E-state index contributed by atoms with van der Waals surface area (Å²) in [5, 5.41) is 0. The average molecular weight is 284 g/mol. The van der Waals surface area contributed by atoms with Crippen LogP contribution in [0.2, 0.25) is 0 Å². The molecule has 0 saturated carbocycles. The molecule has 3 unspecified atom stereocenters. The van der Waals surface area contributed by atoms with E-state index in [4.69, 9.17) is 0 Å². The van der Waals surface area contributed by atoms with E-state index in [9.17, 15) is 8.78 Å². The molecule has 0 aromatic rings. The number of halogens is 2. The summed E-state index contributed by atoms with van der Waals surface area (Å²) in [4.78, 5) is 0. The number of rotatable bonds is 10. The van der Waals surface area contributed by atoms with Crippen LogP contribution in [0.15, 0.2) is 36.5 Å². The number of allylic oxidation sites excluding steroid dienone is 4. The van der Waals surface area contributed by atoms with Gasteiger partial charge >= 0.3 is 0 Å². The molecule has 0 aromatic carbocycles. The Morgan fingerprint density at radius 2 is 1.60 bits per heavy atom. The standard InChI is InChI=1S/C18H30F2/c1-7-9-10-13(3)14(4)11-12-15(5)16(6)18(20)17(19)8-2/h8,13-15H,2,6-7,9-12H2,1,3-5H3/b18-17-. The van der Waals surface area contributed by atoms with Crippen LogP contribution in [0.25, 0.3) is 0 Å². The van der Waals surface area contributed by atoms with Crippen molar-refractivity contribution in [2.24, 2.45) is 17.8 Å². The Morgan fingerprint density at radius 1 is 1.05 bits per heavy atom. The lowest BCUT2D eigenvalue weighted by Crippen LogP contribution is -2.10. The van der Waals surface area contributed by atoms with Crippen LogP contribution in [0.1, 0.15) is 59.8 Å². The fourth-order valence-electron chi connectivity index (χ4n) is 2.24. The van der Waals surface area contributed by atoms with Gasteiger partial charge in [-0.15, -0.1) is 0 Å². The van der Waals surface area contributed by atoms with E-state index < -0.39 is 11.7 Å². The Kier molecular flexibility index (Phi) is 9.45. The van der Waals surface area contributed by atoms with Gasteiger partial charge in [-0.1, -0.05) is 60.1 Å². The molecule has 0 spiro atoms. The van der Waals surface area contributed by atoms with E-state index in [-0.39, 0.29) is 11.5 Å². The summed E-state index contributed by atoms with van der Waals surface area (Å²) in [5.74, 6) is -0.513. The van der Waals surface area contributed by atoms with Gasteiger partial charge in [0.2, 0.25) is 0 Å². The number of hydrogen-bond acceptors (Lipinski definition) is 0. The first kappa shape index (κ1) is 19.1. The van der Waals surface area contributed by atoms with E-state index >= 15 is 0 Å². The minimum atomic E-state index is -0.911. The Balaban J connectivity index is 4.31. The third-order valence-corrected chi connectivity index (χ3v) is 4.31. The van der Waals surface area contributed by atoms with Crippen molar-refractivity contribution in [2.75, 3.05) is 0 Å². The fourth-order valence-corrected chi connectivity index (χ4v) is 2.24. The topological polar surface area (TPSA) is 0 Å². The van der Waals surface area contributed by atoms with Gasteiger partial charge in [0.05, 0.1) is 0 Å². The zero-order valence-corrected chi connectivity index (χ0v) is 13.5. The van der Waals surface area contributed by atoms with Crippen molar-refractivity contribution in [3.05, 3.63) is 36.5 Å². The number of unbranched alkanes of at least 4 members (excludes halogenated alkanes) is 1. The molecule has 0 aliphatic rings. The summed E-state index contributed by atoms with van der Waals surface area (Å²) >= 11 is 0. The monoisotopic (exact) mass is 284 g/mol. The van der Waals surface area contributed by atoms with Gasteiger partial charge in [-0.05, 0) is 42.2 Å². The van der Waals surface area contributed by atoms with E-state index in [1.165, 1.54) is 19.3 Å². The summed E-state index contributed by atoms with van der Waals surface area (Å²) in [6, 6.07) is 0. The van der Waals surface area contributed by atoms with Crippen molar-refractivity contribution in [2.45, 2.75) is 59.8 Å². The molecule has 0 aliphatic heterocycles. The molecule has 2 heteroatoms. The lowest BCUT2D eigenvalue weighted by Gasteiger charge is -2.22. The van der Waals surface area contributed by atoms with E-state index in [0.717, 1.165) is 18.9 Å². The van der Waals surface area contributed by atoms with Crippen LogP contribution in [-0.4, -0.2) is 0 Å². The fraction of sp³-hybridized carbons (Fsp3) is 0.667. The highest BCUT2D eigenvalue weighted by atomic mass is 19.2. The first-order valence-electron chi connectivity index (χ1n) is 7.71. The lowest BCUT2D eigenvalue weighted by molar-refractivity contribution is 0.317. The average Bonchev–Trinajstić information content (AvgIpc) is 2.46. The molecular formula is C18H30F2. The SMILES string of the molecule is C=C/C(F)=C(/F)C(=C)C(C)CCC(C)C(C)CCCC. The molecule has 0 fully saturated rings. The zero-order chi connectivity index (χ0) is 15.7. The quantitative estimate of drug-likeness (QED) is 0.389. The van der Waals surface area contributed by atoms with Gasteiger partial charge in [0.25, 0.3) is 0 Å². The second-order valence-corrected chi connectivity index (χ2v) is 5.97. The molecule has 3 atom stereocenters. The van der Waals surface area contributed by atoms with E-state index in [2.05, 4.69) is 33.9 Å². The van der Waals surface area contributed by atoms with Crippen LogP contribution in [0, 0.1) is 17.8 Å². The van der Waals surface area contributed by atoms with Gasteiger partial charge in [0.15, 0.2) is 11.7 Å². The van der Waals surface area contributed by atoms with Crippen LogP contribution in [0.5, 0.6) is 0 Å². The Hall–Kier alpha value is -0.920. The molecular weight excluding hydrogens is 254 g/mol. The van der Waals surface area contributed by atoms with E-state index in [1.807, 2.05) is 6.92 Å². The molecule has 0 rings (SSSR count). The predicted molar refractivity (Wildman–Crippen MR) is 84.8 cm³/mol. The maximum atomic E-state index is 13.6. The smallest absolute Gasteiger partial charge is 0.161 e. The molecule has 0 aromatic heterocycles. The first-order chi connectivity index (χ1) is 9.34. The van der Waals surface area contributed by atoms with E-state index in [0.29, 0.717) is 11.8 Å². The maximum Gasteiger partial charge on any atom is 0.161 e. The molecule has 0 bridgehead atoms. The van der Waals surface area contributed by atoms with Gasteiger partial charge in [0, 0.05) is 0 Å². The molecule has 0 N–H and O–H groups in total. The molecule has 116 valence electrons. The minimum absolute atomic E-state index is 0.0403. The highest BCUT2D eigenvalue weighted by Gasteiger charge is 2.18. The summed E-state index contributed by atoms with van der Waals surface area (Å²) in [6.07, 6.45) is 6.48. The molecule has 0 nitrogen and oxygen atoms in total. The highest BCUT2D eigenvalue weighted by Crippen LogP contribution is 2.30. The van der Waals surface area contributed by atoms with Crippen LogP contribution in [0.3, 0.4) is 0 Å². The van der Waals surface area contributed by atoms with Gasteiger partial charge in [-0.2, -0.15) is 0 Å². The van der Waals surface area contributed by atoms with Crippen molar-refractivity contribution >= 4 is 0 Å². The maximum absolute atomic E-state index is 13.6. The van der Waals surface area contributed by atoms with Crippen LogP contribution < -0.4 is 0 Å². The minimum Gasteiger partial charge on any atom is -0.204 e. The van der Waals surface area contributed by atoms with Crippen molar-refractivity contribution in [1.82, 2.24) is 0 Å². The Bertz CT molecular complexity index is 341. The second kappa shape index (κ2) is 9.90. The van der Waals surface area contributed by atoms with Crippen molar-refractivity contribution in [3.63, 3.8) is 0 Å². The van der Waals surface area contributed by atoms with E-state index in [1.54, 1.807) is 0 Å². The summed E-state index contributed by atoms with van der Waals surface area (Å²) in [7, 11) is 0. The Labute approximate surface area is 123 Å². The van der Waals surface area contributed by atoms with Crippen LogP contribution in [0.4, 0.5) is 8.78 Å². The third-order valence-electron chi connectivity index (χ3n) is 4.31. The van der Waals surface area contributed by atoms with Crippen molar-refractivity contribution in [3.8, 4) is 0 Å². The third kappa shape index (κ3) is 6.49.